The highest BCUT2D eigenvalue weighted by molar-refractivity contribution is 6.31. The Morgan fingerprint density at radius 2 is 2.15 bits per heavy atom. The molecular weight excluding hydrogens is 186 g/mol. The lowest BCUT2D eigenvalue weighted by Crippen LogP contribution is -2.01. The third-order valence-electron chi connectivity index (χ3n) is 1.87. The molecule has 3 nitrogen and oxygen atoms in total. The first-order valence-corrected chi connectivity index (χ1v) is 4.59. The monoisotopic (exact) mass is 199 g/mol. The van der Waals surface area contributed by atoms with E-state index in [0.717, 1.165) is 23.0 Å². The highest BCUT2D eigenvalue weighted by Crippen LogP contribution is 2.18. The molecule has 0 bridgehead atoms. The molecule has 0 aliphatic heterocycles. The normalized spacial score (nSPS) is 11.4. The SMILES string of the molecule is Cc1nn(C/C=C/CN)c(C)c1Cl. The van der Waals surface area contributed by atoms with Crippen molar-refractivity contribution in [1.82, 2.24) is 9.78 Å². The second-order valence-electron chi connectivity index (χ2n) is 2.87. The summed E-state index contributed by atoms with van der Waals surface area (Å²) < 4.78 is 1.86. The van der Waals surface area contributed by atoms with Gasteiger partial charge in [0.05, 0.1) is 23.0 Å². The van der Waals surface area contributed by atoms with Crippen molar-refractivity contribution in [3.63, 3.8) is 0 Å². The lowest BCUT2D eigenvalue weighted by molar-refractivity contribution is 0.671. The molecule has 0 saturated carbocycles. The standard InChI is InChI=1S/C9H14ClN3/c1-7-9(10)8(2)13(12-7)6-4-3-5-11/h3-4H,5-6,11H2,1-2H3/b4-3+. The highest BCUT2D eigenvalue weighted by Gasteiger charge is 2.06. The quantitative estimate of drug-likeness (QED) is 0.753. The second-order valence-corrected chi connectivity index (χ2v) is 3.25. The van der Waals surface area contributed by atoms with Crippen molar-refractivity contribution in [3.8, 4) is 0 Å². The van der Waals surface area contributed by atoms with E-state index < -0.39 is 0 Å². The van der Waals surface area contributed by atoms with Crippen LogP contribution in [0.1, 0.15) is 11.4 Å². The average Bonchev–Trinajstić information content (AvgIpc) is 2.34. The first-order chi connectivity index (χ1) is 6.16. The Kier molecular flexibility index (Phi) is 3.51. The van der Waals surface area contributed by atoms with Gasteiger partial charge in [0.2, 0.25) is 0 Å². The van der Waals surface area contributed by atoms with E-state index in [9.17, 15) is 0 Å². The maximum atomic E-state index is 5.98. The summed E-state index contributed by atoms with van der Waals surface area (Å²) in [6.45, 7) is 5.15. The Morgan fingerprint density at radius 3 is 2.62 bits per heavy atom. The van der Waals surface area contributed by atoms with Crippen LogP contribution >= 0.6 is 11.6 Å². The molecule has 0 atom stereocenters. The number of rotatable bonds is 3. The molecule has 0 spiro atoms. The fourth-order valence-corrected chi connectivity index (χ4v) is 1.26. The van der Waals surface area contributed by atoms with Crippen LogP contribution in [-0.4, -0.2) is 16.3 Å². The van der Waals surface area contributed by atoms with Crippen LogP contribution in [0.5, 0.6) is 0 Å². The lowest BCUT2D eigenvalue weighted by atomic mass is 10.4. The molecule has 0 radical (unpaired) electrons. The smallest absolute Gasteiger partial charge is 0.0844 e. The summed E-state index contributed by atoms with van der Waals surface area (Å²) >= 11 is 5.98. The molecule has 72 valence electrons. The number of nitrogens with zero attached hydrogens (tertiary/aromatic N) is 2. The number of hydrogen-bond donors (Lipinski definition) is 1. The maximum Gasteiger partial charge on any atom is 0.0844 e. The molecule has 1 aromatic rings. The van der Waals surface area contributed by atoms with Crippen LogP contribution in [0, 0.1) is 13.8 Å². The first kappa shape index (κ1) is 10.3. The number of halogens is 1. The van der Waals surface area contributed by atoms with Crippen molar-refractivity contribution in [2.45, 2.75) is 20.4 Å². The molecule has 4 heteroatoms. The van der Waals surface area contributed by atoms with Crippen LogP contribution in [-0.2, 0) is 6.54 Å². The number of allylic oxidation sites excluding steroid dienone is 1. The average molecular weight is 200 g/mol. The third kappa shape index (κ3) is 2.32. The number of hydrogen-bond acceptors (Lipinski definition) is 2. The summed E-state index contributed by atoms with van der Waals surface area (Å²) in [4.78, 5) is 0. The van der Waals surface area contributed by atoms with E-state index in [2.05, 4.69) is 5.10 Å². The summed E-state index contributed by atoms with van der Waals surface area (Å²) in [5.74, 6) is 0. The number of nitrogens with two attached hydrogens (primary N) is 1. The molecule has 0 fully saturated rings. The fraction of sp³-hybridized carbons (Fsp3) is 0.444. The van der Waals surface area contributed by atoms with Crippen molar-refractivity contribution in [3.05, 3.63) is 28.6 Å². The largest absolute Gasteiger partial charge is 0.327 e. The molecular formula is C9H14ClN3. The summed E-state index contributed by atoms with van der Waals surface area (Å²) in [5, 5.41) is 5.03. The Morgan fingerprint density at radius 1 is 1.46 bits per heavy atom. The molecule has 0 saturated heterocycles. The Hall–Kier alpha value is -0.800. The van der Waals surface area contributed by atoms with E-state index in [1.54, 1.807) is 0 Å². The molecule has 1 rings (SSSR count). The van der Waals surface area contributed by atoms with Gasteiger partial charge in [0.25, 0.3) is 0 Å². The lowest BCUT2D eigenvalue weighted by Gasteiger charge is -1.98. The predicted molar refractivity (Wildman–Crippen MR) is 54.9 cm³/mol. The molecule has 1 heterocycles. The minimum atomic E-state index is 0.563. The molecule has 2 N–H and O–H groups in total. The Labute approximate surface area is 83.2 Å². The molecule has 0 aliphatic carbocycles. The van der Waals surface area contributed by atoms with E-state index in [0.29, 0.717) is 6.54 Å². The minimum absolute atomic E-state index is 0.563. The van der Waals surface area contributed by atoms with Crippen LogP contribution in [0.4, 0.5) is 0 Å². The van der Waals surface area contributed by atoms with E-state index in [1.165, 1.54) is 0 Å². The summed E-state index contributed by atoms with van der Waals surface area (Å²) in [6, 6.07) is 0. The zero-order valence-electron chi connectivity index (χ0n) is 7.92. The third-order valence-corrected chi connectivity index (χ3v) is 2.42. The first-order valence-electron chi connectivity index (χ1n) is 4.21. The van der Waals surface area contributed by atoms with Gasteiger partial charge in [0, 0.05) is 6.54 Å². The fourth-order valence-electron chi connectivity index (χ4n) is 1.12. The van der Waals surface area contributed by atoms with Crippen LogP contribution in [0.3, 0.4) is 0 Å². The van der Waals surface area contributed by atoms with Gasteiger partial charge in [0.15, 0.2) is 0 Å². The summed E-state index contributed by atoms with van der Waals surface area (Å²) in [7, 11) is 0. The van der Waals surface area contributed by atoms with Gasteiger partial charge in [-0.15, -0.1) is 0 Å². The summed E-state index contributed by atoms with van der Waals surface area (Å²) in [5.41, 5.74) is 7.20. The Balaban J connectivity index is 2.78. The number of aromatic nitrogens is 2. The van der Waals surface area contributed by atoms with E-state index >= 15 is 0 Å². The molecule has 13 heavy (non-hydrogen) atoms. The molecule has 0 unspecified atom stereocenters. The van der Waals surface area contributed by atoms with Gasteiger partial charge in [-0.05, 0) is 13.8 Å². The second kappa shape index (κ2) is 4.44. The van der Waals surface area contributed by atoms with E-state index in [-0.39, 0.29) is 0 Å². The molecule has 0 aliphatic rings. The highest BCUT2D eigenvalue weighted by atomic mass is 35.5. The predicted octanol–water partition coefficient (Wildman–Crippen LogP) is 1.67. The van der Waals surface area contributed by atoms with Crippen LogP contribution in [0.25, 0.3) is 0 Å². The topological polar surface area (TPSA) is 43.8 Å². The molecule has 0 amide bonds. The van der Waals surface area contributed by atoms with Crippen molar-refractivity contribution < 1.29 is 0 Å². The van der Waals surface area contributed by atoms with Crippen LogP contribution in [0.15, 0.2) is 12.2 Å². The molecule has 0 aromatic carbocycles. The van der Waals surface area contributed by atoms with E-state index in [1.807, 2.05) is 30.7 Å². The van der Waals surface area contributed by atoms with E-state index in [4.69, 9.17) is 17.3 Å². The zero-order valence-corrected chi connectivity index (χ0v) is 8.67. The van der Waals surface area contributed by atoms with Gasteiger partial charge < -0.3 is 5.73 Å². The summed E-state index contributed by atoms with van der Waals surface area (Å²) in [6.07, 6.45) is 3.89. The zero-order chi connectivity index (χ0) is 9.84. The van der Waals surface area contributed by atoms with Gasteiger partial charge >= 0.3 is 0 Å². The van der Waals surface area contributed by atoms with Crippen molar-refractivity contribution in [2.75, 3.05) is 6.54 Å². The van der Waals surface area contributed by atoms with Crippen LogP contribution in [0.2, 0.25) is 5.02 Å². The van der Waals surface area contributed by atoms with Crippen molar-refractivity contribution in [2.24, 2.45) is 5.73 Å². The van der Waals surface area contributed by atoms with Gasteiger partial charge in [-0.1, -0.05) is 23.8 Å². The maximum absolute atomic E-state index is 5.98. The Bertz CT molecular complexity index is 315. The van der Waals surface area contributed by atoms with Gasteiger partial charge in [-0.25, -0.2) is 0 Å². The van der Waals surface area contributed by atoms with Crippen molar-refractivity contribution >= 4 is 11.6 Å². The molecule has 1 aromatic heterocycles. The van der Waals surface area contributed by atoms with Gasteiger partial charge in [-0.2, -0.15) is 5.10 Å². The minimum Gasteiger partial charge on any atom is -0.327 e. The van der Waals surface area contributed by atoms with Crippen molar-refractivity contribution in [1.29, 1.82) is 0 Å². The van der Waals surface area contributed by atoms with Crippen LogP contribution < -0.4 is 5.73 Å². The van der Waals surface area contributed by atoms with Gasteiger partial charge in [0.1, 0.15) is 0 Å². The van der Waals surface area contributed by atoms with Gasteiger partial charge in [-0.3, -0.25) is 4.68 Å². The number of aryl methyl sites for hydroxylation is 1.